The van der Waals surface area contributed by atoms with Crippen molar-refractivity contribution in [3.05, 3.63) is 0 Å². The van der Waals surface area contributed by atoms with Crippen LogP contribution in [-0.4, -0.2) is 72.4 Å². The van der Waals surface area contributed by atoms with E-state index in [0.717, 1.165) is 0 Å². The van der Waals surface area contributed by atoms with Gasteiger partial charge in [-0.1, -0.05) is 13.8 Å². The highest BCUT2D eigenvalue weighted by molar-refractivity contribution is 6.07. The van der Waals surface area contributed by atoms with Crippen LogP contribution in [0.2, 0.25) is 0 Å². The van der Waals surface area contributed by atoms with E-state index in [1.807, 2.05) is 13.8 Å². The molecule has 0 aliphatic carbocycles. The molecule has 10 heteroatoms. The average Bonchev–Trinajstić information content (AvgIpc) is 2.84. The second-order valence-corrected chi connectivity index (χ2v) is 7.04. The summed E-state index contributed by atoms with van der Waals surface area (Å²) >= 11 is 0. The summed E-state index contributed by atoms with van der Waals surface area (Å²) in [4.78, 5) is 49.0. The van der Waals surface area contributed by atoms with Crippen LogP contribution in [0.4, 0.5) is 4.79 Å². The van der Waals surface area contributed by atoms with Crippen molar-refractivity contribution in [1.29, 1.82) is 0 Å². The molecular formula is C17H26N2O8. The van der Waals surface area contributed by atoms with Crippen molar-refractivity contribution in [2.45, 2.75) is 70.8 Å². The lowest BCUT2D eigenvalue weighted by molar-refractivity contribution is -0.265. The van der Waals surface area contributed by atoms with Crippen LogP contribution >= 0.6 is 0 Å². The van der Waals surface area contributed by atoms with Gasteiger partial charge in [-0.15, -0.1) is 0 Å². The Morgan fingerprint density at radius 2 is 1.81 bits per heavy atom. The summed E-state index contributed by atoms with van der Waals surface area (Å²) in [7, 11) is 1.35. The largest absolute Gasteiger partial charge is 0.455 e. The van der Waals surface area contributed by atoms with Crippen LogP contribution in [-0.2, 0) is 33.3 Å². The standard InChI is InChI=1S/C17H26N2O8/c1-7(2)12-10(21)6-11(22)19(12)16-15(24-5)14(26-9(4)20)13(8(3)25-16)27-17(18)23/h7-8,12-16H,6H2,1-5H3,(H2,18,23)/t8-,12-,13+,14+,15+,16+/m0/s1. The first-order valence-electron chi connectivity index (χ1n) is 8.73. The highest BCUT2D eigenvalue weighted by atomic mass is 16.6. The molecule has 2 aliphatic heterocycles. The molecule has 2 aliphatic rings. The van der Waals surface area contributed by atoms with E-state index in [9.17, 15) is 19.2 Å². The van der Waals surface area contributed by atoms with Gasteiger partial charge in [0, 0.05) is 14.0 Å². The molecule has 0 aromatic heterocycles. The lowest BCUT2D eigenvalue weighted by Gasteiger charge is -2.47. The summed E-state index contributed by atoms with van der Waals surface area (Å²) in [6, 6.07) is -0.682. The van der Waals surface area contributed by atoms with Crippen LogP contribution in [0, 0.1) is 5.92 Å². The third-order valence-corrected chi connectivity index (χ3v) is 4.72. The lowest BCUT2D eigenvalue weighted by atomic mass is 9.95. The molecule has 0 aromatic rings. The fourth-order valence-electron chi connectivity index (χ4n) is 3.74. The van der Waals surface area contributed by atoms with Gasteiger partial charge in [0.15, 0.2) is 24.2 Å². The Morgan fingerprint density at radius 1 is 1.19 bits per heavy atom. The molecule has 2 fully saturated rings. The molecule has 2 rings (SSSR count). The Balaban J connectivity index is 2.42. The minimum absolute atomic E-state index is 0.146. The van der Waals surface area contributed by atoms with Crippen molar-refractivity contribution in [1.82, 2.24) is 4.90 Å². The number of ether oxygens (including phenoxy) is 4. The number of nitrogens with two attached hydrogens (primary N) is 1. The van der Waals surface area contributed by atoms with Crippen LogP contribution in [0.1, 0.15) is 34.1 Å². The number of amides is 2. The minimum atomic E-state index is -1.06. The van der Waals surface area contributed by atoms with Crippen LogP contribution in [0.15, 0.2) is 0 Å². The maximum absolute atomic E-state index is 12.5. The molecule has 0 unspecified atom stereocenters. The smallest absolute Gasteiger partial charge is 0.405 e. The number of carbonyl (C=O) groups is 4. The van der Waals surface area contributed by atoms with Crippen LogP contribution in [0.5, 0.6) is 0 Å². The van der Waals surface area contributed by atoms with Crippen LogP contribution in [0.25, 0.3) is 0 Å². The first-order valence-corrected chi connectivity index (χ1v) is 8.73. The van der Waals surface area contributed by atoms with Crippen LogP contribution < -0.4 is 5.73 Å². The Morgan fingerprint density at radius 3 is 2.30 bits per heavy atom. The topological polar surface area (TPSA) is 134 Å². The Hall–Kier alpha value is -2.20. The van der Waals surface area contributed by atoms with E-state index in [2.05, 4.69) is 0 Å². The van der Waals surface area contributed by atoms with Gasteiger partial charge >= 0.3 is 12.1 Å². The van der Waals surface area contributed by atoms with E-state index in [-0.39, 0.29) is 18.1 Å². The zero-order chi connectivity index (χ0) is 20.5. The number of primary amides is 1. The minimum Gasteiger partial charge on any atom is -0.455 e. The van der Waals surface area contributed by atoms with Gasteiger partial charge in [-0.25, -0.2) is 4.79 Å². The number of hydrogen-bond acceptors (Lipinski definition) is 8. The highest BCUT2D eigenvalue weighted by Gasteiger charge is 2.55. The summed E-state index contributed by atoms with van der Waals surface area (Å²) in [6.07, 6.45) is -6.13. The molecule has 6 atom stereocenters. The molecule has 0 aromatic carbocycles. The summed E-state index contributed by atoms with van der Waals surface area (Å²) in [5, 5.41) is 0. The third-order valence-electron chi connectivity index (χ3n) is 4.72. The number of hydrogen-bond donors (Lipinski definition) is 1. The summed E-state index contributed by atoms with van der Waals surface area (Å²) in [6.45, 7) is 6.44. The molecule has 0 bridgehead atoms. The molecule has 27 heavy (non-hydrogen) atoms. The fourth-order valence-corrected chi connectivity index (χ4v) is 3.74. The molecular weight excluding hydrogens is 360 g/mol. The summed E-state index contributed by atoms with van der Waals surface area (Å²) in [5.41, 5.74) is 5.12. The van der Waals surface area contributed by atoms with Gasteiger partial charge in [-0.3, -0.25) is 14.4 Å². The van der Waals surface area contributed by atoms with Crippen molar-refractivity contribution in [3.63, 3.8) is 0 Å². The van der Waals surface area contributed by atoms with Gasteiger partial charge in [0.1, 0.15) is 6.10 Å². The van der Waals surface area contributed by atoms with Gasteiger partial charge in [-0.05, 0) is 12.8 Å². The number of nitrogens with zero attached hydrogens (tertiary/aromatic N) is 1. The molecule has 0 spiro atoms. The van der Waals surface area contributed by atoms with Gasteiger partial charge < -0.3 is 29.6 Å². The predicted octanol–water partition coefficient (Wildman–Crippen LogP) is -0.0322. The van der Waals surface area contributed by atoms with Gasteiger partial charge in [0.25, 0.3) is 0 Å². The number of methoxy groups -OCH3 is 1. The zero-order valence-corrected chi connectivity index (χ0v) is 16.0. The molecule has 2 amide bonds. The van der Waals surface area contributed by atoms with Crippen molar-refractivity contribution in [2.24, 2.45) is 11.7 Å². The van der Waals surface area contributed by atoms with Crippen molar-refractivity contribution in [2.75, 3.05) is 7.11 Å². The number of ketones is 1. The van der Waals surface area contributed by atoms with Crippen molar-refractivity contribution in [3.8, 4) is 0 Å². The maximum Gasteiger partial charge on any atom is 0.405 e. The first kappa shape index (κ1) is 21.1. The zero-order valence-electron chi connectivity index (χ0n) is 16.0. The van der Waals surface area contributed by atoms with E-state index in [1.54, 1.807) is 6.92 Å². The molecule has 0 saturated carbocycles. The second kappa shape index (κ2) is 8.22. The Bertz CT molecular complexity index is 622. The lowest BCUT2D eigenvalue weighted by Crippen LogP contribution is -2.66. The number of carbonyl (C=O) groups excluding carboxylic acids is 4. The number of Topliss-reactive ketones (excluding diaryl/α,β-unsaturated/α-hetero) is 1. The molecule has 152 valence electrons. The van der Waals surface area contributed by atoms with Gasteiger partial charge in [0.2, 0.25) is 5.91 Å². The Labute approximate surface area is 157 Å². The van der Waals surface area contributed by atoms with E-state index >= 15 is 0 Å². The number of esters is 1. The molecule has 2 saturated heterocycles. The third kappa shape index (κ3) is 4.22. The predicted molar refractivity (Wildman–Crippen MR) is 90.2 cm³/mol. The van der Waals surface area contributed by atoms with E-state index < -0.39 is 54.7 Å². The quantitative estimate of drug-likeness (QED) is 0.514. The van der Waals surface area contributed by atoms with E-state index in [0.29, 0.717) is 0 Å². The average molecular weight is 386 g/mol. The molecule has 10 nitrogen and oxygen atoms in total. The first-order chi connectivity index (χ1) is 12.6. The summed E-state index contributed by atoms with van der Waals surface area (Å²) in [5.74, 6) is -1.38. The SMILES string of the molecule is CO[C@@H]1[C@H](OC(C)=O)[C@H](OC(N)=O)[C@H](C)O[C@H]1N1C(=O)CC(=O)[C@@H]1C(C)C. The molecule has 0 radical (unpaired) electrons. The Kier molecular flexibility index (Phi) is 6.42. The van der Waals surface area contributed by atoms with Crippen LogP contribution in [0.3, 0.4) is 0 Å². The second-order valence-electron chi connectivity index (χ2n) is 7.04. The number of rotatable bonds is 5. The highest BCUT2D eigenvalue weighted by Crippen LogP contribution is 2.34. The van der Waals surface area contributed by atoms with Gasteiger partial charge in [0.05, 0.1) is 18.6 Å². The summed E-state index contributed by atoms with van der Waals surface area (Å²) < 4.78 is 21.8. The van der Waals surface area contributed by atoms with Crippen molar-refractivity contribution < 1.29 is 38.1 Å². The van der Waals surface area contributed by atoms with Crippen molar-refractivity contribution >= 4 is 23.8 Å². The van der Waals surface area contributed by atoms with E-state index in [1.165, 1.54) is 18.9 Å². The van der Waals surface area contributed by atoms with E-state index in [4.69, 9.17) is 24.7 Å². The normalized spacial score (nSPS) is 34.1. The molecule has 2 heterocycles. The monoisotopic (exact) mass is 386 g/mol. The van der Waals surface area contributed by atoms with Gasteiger partial charge in [-0.2, -0.15) is 0 Å². The number of likely N-dealkylation sites (tertiary alicyclic amines) is 1. The molecule has 2 N–H and O–H groups in total. The fraction of sp³-hybridized carbons (Fsp3) is 0.765. The maximum atomic E-state index is 12.5.